The summed E-state index contributed by atoms with van der Waals surface area (Å²) < 4.78 is 13.4. The van der Waals surface area contributed by atoms with Gasteiger partial charge in [-0.2, -0.15) is 0 Å². The summed E-state index contributed by atoms with van der Waals surface area (Å²) in [7, 11) is 0. The van der Waals surface area contributed by atoms with Crippen LogP contribution < -0.4 is 10.1 Å². The number of nitrogens with zero attached hydrogens (tertiary/aromatic N) is 2. The van der Waals surface area contributed by atoms with Gasteiger partial charge >= 0.3 is 0 Å². The Kier molecular flexibility index (Phi) is 6.24. The molecule has 1 fully saturated rings. The average molecular weight is 460 g/mol. The number of hydrogen-bond acceptors (Lipinski definition) is 5. The van der Waals surface area contributed by atoms with Gasteiger partial charge in [0.25, 0.3) is 5.91 Å². The lowest BCUT2D eigenvalue weighted by atomic mass is 10.1. The standard InChI is InChI=1S/C26H25N3O3S/c1-18-11-13-19(14-12-18)23-25(28-24(30)22-10-6-16-32-22)33-26(27-20-7-3-2-4-8-20)29(23)17-21-9-5-15-31-21/h2-4,6-8,10-14,16,21H,5,9,15,17H2,1H3,(H,28,30)/t21-/m1/s1. The average Bonchev–Trinajstić information content (AvgIpc) is 3.59. The maximum atomic E-state index is 12.9. The molecule has 0 saturated carbocycles. The second-order valence-corrected chi connectivity index (χ2v) is 9.03. The summed E-state index contributed by atoms with van der Waals surface area (Å²) in [5.74, 6) is -0.0179. The third-order valence-corrected chi connectivity index (χ3v) is 6.59. The molecule has 0 radical (unpaired) electrons. The fourth-order valence-corrected chi connectivity index (χ4v) is 5.00. The fourth-order valence-electron chi connectivity index (χ4n) is 3.93. The molecule has 2 aromatic heterocycles. The zero-order valence-corrected chi connectivity index (χ0v) is 19.2. The number of aromatic nitrogens is 1. The Hall–Kier alpha value is -3.42. The molecule has 1 saturated heterocycles. The SMILES string of the molecule is Cc1ccc(-c2c(NC(=O)c3ccco3)sc(=Nc3ccccc3)n2C[C@H]2CCCO2)cc1. The highest BCUT2D eigenvalue weighted by molar-refractivity contribution is 7.14. The number of nitrogens with one attached hydrogen (secondary N) is 1. The molecule has 0 spiro atoms. The highest BCUT2D eigenvalue weighted by Gasteiger charge is 2.23. The van der Waals surface area contributed by atoms with Gasteiger partial charge in [0.05, 0.1) is 30.3 Å². The first-order chi connectivity index (χ1) is 16.2. The van der Waals surface area contributed by atoms with Crippen LogP contribution in [0.2, 0.25) is 0 Å². The van der Waals surface area contributed by atoms with Crippen molar-refractivity contribution in [2.75, 3.05) is 11.9 Å². The van der Waals surface area contributed by atoms with Gasteiger partial charge in [-0.15, -0.1) is 0 Å². The lowest BCUT2D eigenvalue weighted by molar-refractivity contribution is 0.0968. The number of furan rings is 1. The van der Waals surface area contributed by atoms with Gasteiger partial charge in [0, 0.05) is 12.2 Å². The first-order valence-corrected chi connectivity index (χ1v) is 11.9. The van der Waals surface area contributed by atoms with Crippen molar-refractivity contribution in [1.29, 1.82) is 0 Å². The number of thiazole rings is 1. The molecule has 1 N–H and O–H groups in total. The summed E-state index contributed by atoms with van der Waals surface area (Å²) in [5, 5.41) is 3.79. The van der Waals surface area contributed by atoms with Crippen LogP contribution in [0.3, 0.4) is 0 Å². The smallest absolute Gasteiger partial charge is 0.292 e. The van der Waals surface area contributed by atoms with Crippen molar-refractivity contribution in [3.8, 4) is 11.3 Å². The number of rotatable bonds is 6. The molecular formula is C26H25N3O3S. The van der Waals surface area contributed by atoms with Crippen LogP contribution in [0.15, 0.2) is 82.4 Å². The molecule has 1 atom stereocenters. The summed E-state index contributed by atoms with van der Waals surface area (Å²) in [6, 6.07) is 21.5. The van der Waals surface area contributed by atoms with E-state index in [1.807, 2.05) is 30.3 Å². The normalized spacial score (nSPS) is 16.3. The third kappa shape index (κ3) is 4.84. The molecular weight excluding hydrogens is 434 g/mol. The topological polar surface area (TPSA) is 68.8 Å². The van der Waals surface area contributed by atoms with Gasteiger partial charge in [-0.1, -0.05) is 59.4 Å². The minimum absolute atomic E-state index is 0.118. The number of para-hydroxylation sites is 1. The van der Waals surface area contributed by atoms with Crippen molar-refractivity contribution >= 4 is 27.9 Å². The second kappa shape index (κ2) is 9.60. The first-order valence-electron chi connectivity index (χ1n) is 11.0. The van der Waals surface area contributed by atoms with Gasteiger partial charge < -0.3 is 19.0 Å². The van der Waals surface area contributed by atoms with Gasteiger partial charge in [0.15, 0.2) is 10.6 Å². The molecule has 7 heteroatoms. The third-order valence-electron chi connectivity index (χ3n) is 5.60. The van der Waals surface area contributed by atoms with Crippen molar-refractivity contribution in [1.82, 2.24) is 4.57 Å². The van der Waals surface area contributed by atoms with E-state index in [9.17, 15) is 4.79 Å². The van der Waals surface area contributed by atoms with Crippen LogP contribution in [-0.2, 0) is 11.3 Å². The largest absolute Gasteiger partial charge is 0.459 e. The van der Waals surface area contributed by atoms with Crippen LogP contribution in [0.4, 0.5) is 10.7 Å². The van der Waals surface area contributed by atoms with Crippen molar-refractivity contribution in [2.24, 2.45) is 4.99 Å². The highest BCUT2D eigenvalue weighted by Crippen LogP contribution is 2.33. The highest BCUT2D eigenvalue weighted by atomic mass is 32.1. The molecule has 33 heavy (non-hydrogen) atoms. The number of carbonyl (C=O) groups is 1. The Morgan fingerprint density at radius 1 is 1.12 bits per heavy atom. The molecule has 2 aromatic carbocycles. The van der Waals surface area contributed by atoms with E-state index in [0.29, 0.717) is 6.54 Å². The second-order valence-electron chi connectivity index (χ2n) is 8.05. The number of ether oxygens (including phenoxy) is 1. The van der Waals surface area contributed by atoms with Crippen molar-refractivity contribution in [3.05, 3.63) is 89.1 Å². The molecule has 1 aliphatic rings. The van der Waals surface area contributed by atoms with E-state index in [1.54, 1.807) is 12.1 Å². The molecule has 3 heterocycles. The van der Waals surface area contributed by atoms with E-state index in [4.69, 9.17) is 14.1 Å². The molecule has 168 valence electrons. The van der Waals surface area contributed by atoms with Gasteiger partial charge in [0.2, 0.25) is 0 Å². The van der Waals surface area contributed by atoms with E-state index in [-0.39, 0.29) is 17.8 Å². The summed E-state index contributed by atoms with van der Waals surface area (Å²) in [6.07, 6.45) is 3.68. The molecule has 4 aromatic rings. The van der Waals surface area contributed by atoms with Gasteiger partial charge in [-0.05, 0) is 44.0 Å². The lowest BCUT2D eigenvalue weighted by Gasteiger charge is -2.15. The summed E-state index contributed by atoms with van der Waals surface area (Å²) in [6.45, 7) is 3.51. The van der Waals surface area contributed by atoms with Crippen LogP contribution in [0.1, 0.15) is 29.0 Å². The predicted octanol–water partition coefficient (Wildman–Crippen LogP) is 5.78. The van der Waals surface area contributed by atoms with Crippen LogP contribution in [0, 0.1) is 6.92 Å². The monoisotopic (exact) mass is 459 g/mol. The quantitative estimate of drug-likeness (QED) is 0.397. The lowest BCUT2D eigenvalue weighted by Crippen LogP contribution is -2.24. The molecule has 0 unspecified atom stereocenters. The Balaban J connectivity index is 1.67. The molecule has 1 aliphatic heterocycles. The van der Waals surface area contributed by atoms with Gasteiger partial charge in [0.1, 0.15) is 5.00 Å². The summed E-state index contributed by atoms with van der Waals surface area (Å²) in [5.41, 5.74) is 3.97. The van der Waals surface area contributed by atoms with Crippen molar-refractivity contribution in [3.63, 3.8) is 0 Å². The maximum absolute atomic E-state index is 12.9. The molecule has 0 bridgehead atoms. The minimum Gasteiger partial charge on any atom is -0.459 e. The van der Waals surface area contributed by atoms with E-state index in [1.165, 1.54) is 23.2 Å². The van der Waals surface area contributed by atoms with Gasteiger partial charge in [-0.3, -0.25) is 4.79 Å². The van der Waals surface area contributed by atoms with Crippen molar-refractivity contribution < 1.29 is 13.9 Å². The Morgan fingerprint density at radius 3 is 2.64 bits per heavy atom. The number of anilines is 1. The first kappa shape index (κ1) is 21.4. The number of carbonyl (C=O) groups excluding carboxylic acids is 1. The Morgan fingerprint density at radius 2 is 1.94 bits per heavy atom. The fraction of sp³-hybridized carbons (Fsp3) is 0.231. The Bertz CT molecular complexity index is 1280. The zero-order chi connectivity index (χ0) is 22.6. The molecule has 1 amide bonds. The van der Waals surface area contributed by atoms with Crippen LogP contribution in [0.25, 0.3) is 11.3 Å². The van der Waals surface area contributed by atoms with E-state index in [0.717, 1.165) is 46.2 Å². The van der Waals surface area contributed by atoms with E-state index < -0.39 is 0 Å². The summed E-state index contributed by atoms with van der Waals surface area (Å²) in [4.78, 5) is 18.6. The van der Waals surface area contributed by atoms with E-state index >= 15 is 0 Å². The van der Waals surface area contributed by atoms with Crippen LogP contribution >= 0.6 is 11.3 Å². The predicted molar refractivity (Wildman–Crippen MR) is 130 cm³/mol. The zero-order valence-electron chi connectivity index (χ0n) is 18.4. The Labute approximate surface area is 196 Å². The maximum Gasteiger partial charge on any atom is 0.292 e. The number of benzene rings is 2. The summed E-state index contributed by atoms with van der Waals surface area (Å²) >= 11 is 1.46. The minimum atomic E-state index is -0.287. The molecule has 5 rings (SSSR count). The number of aryl methyl sites for hydroxylation is 1. The van der Waals surface area contributed by atoms with Gasteiger partial charge in [-0.25, -0.2) is 4.99 Å². The molecule has 0 aliphatic carbocycles. The van der Waals surface area contributed by atoms with Crippen LogP contribution in [-0.4, -0.2) is 23.2 Å². The van der Waals surface area contributed by atoms with Crippen LogP contribution in [0.5, 0.6) is 0 Å². The number of amides is 1. The van der Waals surface area contributed by atoms with Crippen molar-refractivity contribution in [2.45, 2.75) is 32.4 Å². The van der Waals surface area contributed by atoms with E-state index in [2.05, 4.69) is 41.1 Å². The number of hydrogen-bond donors (Lipinski definition) is 1. The molecule has 6 nitrogen and oxygen atoms in total.